The van der Waals surface area contributed by atoms with Crippen LogP contribution in [-0.4, -0.2) is 11.0 Å². The van der Waals surface area contributed by atoms with Crippen LogP contribution in [0.25, 0.3) is 10.8 Å². The van der Waals surface area contributed by atoms with Crippen LogP contribution in [-0.2, 0) is 6.54 Å². The van der Waals surface area contributed by atoms with E-state index >= 15 is 0 Å². The van der Waals surface area contributed by atoms with E-state index in [2.05, 4.69) is 15.6 Å². The van der Waals surface area contributed by atoms with E-state index in [-0.39, 0.29) is 6.03 Å². The van der Waals surface area contributed by atoms with Crippen molar-refractivity contribution in [2.24, 2.45) is 0 Å². The van der Waals surface area contributed by atoms with Crippen molar-refractivity contribution in [1.29, 1.82) is 0 Å². The number of hydrogen-bond acceptors (Lipinski definition) is 2. The molecule has 2 N–H and O–H groups in total. The minimum atomic E-state index is -0.259. The van der Waals surface area contributed by atoms with Crippen molar-refractivity contribution in [3.63, 3.8) is 0 Å². The standard InChI is InChI=1S/C17H14ClN3O/c18-16-8-5-12(10-19-16)11-20-17(22)21-15-7-6-13-3-1-2-4-14(13)9-15/h1-10H,11H2,(H2,20,21,22). The molecule has 0 aliphatic heterocycles. The Hall–Kier alpha value is -2.59. The molecule has 5 heteroatoms. The first-order valence-electron chi connectivity index (χ1n) is 6.85. The first kappa shape index (κ1) is 14.4. The number of pyridine rings is 1. The van der Waals surface area contributed by atoms with Crippen LogP contribution in [0.4, 0.5) is 10.5 Å². The summed E-state index contributed by atoms with van der Waals surface area (Å²) in [7, 11) is 0. The van der Waals surface area contributed by atoms with Gasteiger partial charge in [0.15, 0.2) is 0 Å². The van der Waals surface area contributed by atoms with Gasteiger partial charge in [-0.15, -0.1) is 0 Å². The number of rotatable bonds is 3. The number of benzene rings is 2. The van der Waals surface area contributed by atoms with Crippen LogP contribution in [0.2, 0.25) is 5.15 Å². The zero-order chi connectivity index (χ0) is 15.4. The smallest absolute Gasteiger partial charge is 0.319 e. The zero-order valence-electron chi connectivity index (χ0n) is 11.7. The number of hydrogen-bond donors (Lipinski definition) is 2. The third-order valence-corrected chi connectivity index (χ3v) is 3.47. The third kappa shape index (κ3) is 3.54. The first-order valence-corrected chi connectivity index (χ1v) is 7.22. The number of anilines is 1. The Bertz CT molecular complexity index is 802. The number of carbonyl (C=O) groups is 1. The van der Waals surface area contributed by atoms with Crippen molar-refractivity contribution in [2.45, 2.75) is 6.54 Å². The van der Waals surface area contributed by atoms with Gasteiger partial charge in [0.2, 0.25) is 0 Å². The molecule has 0 bridgehead atoms. The van der Waals surface area contributed by atoms with Gasteiger partial charge in [0.05, 0.1) is 0 Å². The van der Waals surface area contributed by atoms with Crippen LogP contribution in [0.3, 0.4) is 0 Å². The SMILES string of the molecule is O=C(NCc1ccc(Cl)nc1)Nc1ccc2ccccc2c1. The summed E-state index contributed by atoms with van der Waals surface area (Å²) in [6.45, 7) is 0.392. The Balaban J connectivity index is 1.61. The fourth-order valence-corrected chi connectivity index (χ4v) is 2.25. The van der Waals surface area contributed by atoms with Crippen molar-refractivity contribution >= 4 is 34.1 Å². The second-order valence-electron chi connectivity index (χ2n) is 4.86. The Kier molecular flexibility index (Phi) is 4.21. The van der Waals surface area contributed by atoms with Gasteiger partial charge in [-0.05, 0) is 34.5 Å². The normalized spacial score (nSPS) is 10.4. The highest BCUT2D eigenvalue weighted by Gasteiger charge is 2.03. The molecule has 2 aromatic carbocycles. The molecule has 4 nitrogen and oxygen atoms in total. The first-order chi connectivity index (χ1) is 10.7. The van der Waals surface area contributed by atoms with Crippen LogP contribution in [0.5, 0.6) is 0 Å². The lowest BCUT2D eigenvalue weighted by Crippen LogP contribution is -2.28. The van der Waals surface area contributed by atoms with Gasteiger partial charge in [-0.25, -0.2) is 9.78 Å². The van der Waals surface area contributed by atoms with Crippen LogP contribution in [0, 0.1) is 0 Å². The fraction of sp³-hybridized carbons (Fsp3) is 0.0588. The number of halogens is 1. The number of urea groups is 1. The molecule has 3 aromatic rings. The number of carbonyl (C=O) groups excluding carboxylic acids is 1. The average molecular weight is 312 g/mol. The summed E-state index contributed by atoms with van der Waals surface area (Å²) in [6.07, 6.45) is 1.64. The number of amides is 2. The van der Waals surface area contributed by atoms with Gasteiger partial charge in [-0.3, -0.25) is 0 Å². The molecule has 3 rings (SSSR count). The van der Waals surface area contributed by atoms with Gasteiger partial charge >= 0.3 is 6.03 Å². The molecule has 22 heavy (non-hydrogen) atoms. The van der Waals surface area contributed by atoms with Gasteiger partial charge in [0, 0.05) is 18.4 Å². The average Bonchev–Trinajstić information content (AvgIpc) is 2.54. The van der Waals surface area contributed by atoms with Gasteiger partial charge in [0.25, 0.3) is 0 Å². The van der Waals surface area contributed by atoms with Crippen molar-refractivity contribution in [3.05, 3.63) is 71.5 Å². The predicted octanol–water partition coefficient (Wildman–Crippen LogP) is 4.21. The minimum Gasteiger partial charge on any atom is -0.334 e. The molecular formula is C17H14ClN3O. The molecule has 0 radical (unpaired) electrons. The Labute approximate surface area is 133 Å². The summed E-state index contributed by atoms with van der Waals surface area (Å²) in [4.78, 5) is 15.9. The molecule has 0 aliphatic carbocycles. The number of nitrogens with one attached hydrogen (secondary N) is 2. The second kappa shape index (κ2) is 6.45. The van der Waals surface area contributed by atoms with Crippen LogP contribution in [0.15, 0.2) is 60.8 Å². The highest BCUT2D eigenvalue weighted by molar-refractivity contribution is 6.29. The molecule has 0 spiro atoms. The minimum absolute atomic E-state index is 0.259. The Morgan fingerprint density at radius 1 is 1.05 bits per heavy atom. The van der Waals surface area contributed by atoms with Crippen LogP contribution in [0.1, 0.15) is 5.56 Å². The summed E-state index contributed by atoms with van der Waals surface area (Å²) in [6, 6.07) is 17.1. The molecule has 1 aromatic heterocycles. The van der Waals surface area contributed by atoms with E-state index in [9.17, 15) is 4.79 Å². The van der Waals surface area contributed by atoms with Gasteiger partial charge in [-0.2, -0.15) is 0 Å². The molecule has 0 fully saturated rings. The van der Waals surface area contributed by atoms with Crippen molar-refractivity contribution in [3.8, 4) is 0 Å². The zero-order valence-corrected chi connectivity index (χ0v) is 12.5. The quantitative estimate of drug-likeness (QED) is 0.712. The van der Waals surface area contributed by atoms with Gasteiger partial charge < -0.3 is 10.6 Å². The van der Waals surface area contributed by atoms with E-state index in [1.807, 2.05) is 48.5 Å². The summed E-state index contributed by atoms with van der Waals surface area (Å²) in [5, 5.41) is 8.26. The van der Waals surface area contributed by atoms with E-state index < -0.39 is 0 Å². The molecule has 2 amide bonds. The largest absolute Gasteiger partial charge is 0.334 e. The highest BCUT2D eigenvalue weighted by Crippen LogP contribution is 2.18. The second-order valence-corrected chi connectivity index (χ2v) is 5.25. The molecule has 0 unspecified atom stereocenters. The van der Waals surface area contributed by atoms with Crippen molar-refractivity contribution in [2.75, 3.05) is 5.32 Å². The lowest BCUT2D eigenvalue weighted by molar-refractivity contribution is 0.251. The maximum Gasteiger partial charge on any atom is 0.319 e. The number of aromatic nitrogens is 1. The Morgan fingerprint density at radius 3 is 2.64 bits per heavy atom. The lowest BCUT2D eigenvalue weighted by atomic mass is 10.1. The molecular weight excluding hydrogens is 298 g/mol. The van der Waals surface area contributed by atoms with Gasteiger partial charge in [0.1, 0.15) is 5.15 Å². The summed E-state index contributed by atoms with van der Waals surface area (Å²) < 4.78 is 0. The van der Waals surface area contributed by atoms with E-state index in [0.717, 1.165) is 22.0 Å². The summed E-state index contributed by atoms with van der Waals surface area (Å²) >= 11 is 5.72. The molecule has 0 atom stereocenters. The predicted molar refractivity (Wildman–Crippen MR) is 89.1 cm³/mol. The highest BCUT2D eigenvalue weighted by atomic mass is 35.5. The van der Waals surface area contributed by atoms with E-state index in [4.69, 9.17) is 11.6 Å². The van der Waals surface area contributed by atoms with Crippen LogP contribution < -0.4 is 10.6 Å². The number of nitrogens with zero attached hydrogens (tertiary/aromatic N) is 1. The maximum atomic E-state index is 11.9. The van der Waals surface area contributed by atoms with Crippen molar-refractivity contribution < 1.29 is 4.79 Å². The Morgan fingerprint density at radius 2 is 1.86 bits per heavy atom. The lowest BCUT2D eigenvalue weighted by Gasteiger charge is -2.08. The molecule has 110 valence electrons. The number of fused-ring (bicyclic) bond motifs is 1. The molecule has 1 heterocycles. The van der Waals surface area contributed by atoms with E-state index in [1.54, 1.807) is 12.3 Å². The van der Waals surface area contributed by atoms with Crippen molar-refractivity contribution in [1.82, 2.24) is 10.3 Å². The van der Waals surface area contributed by atoms with E-state index in [0.29, 0.717) is 11.7 Å². The van der Waals surface area contributed by atoms with Crippen LogP contribution >= 0.6 is 11.6 Å². The topological polar surface area (TPSA) is 54.0 Å². The fourth-order valence-electron chi connectivity index (χ4n) is 2.14. The van der Waals surface area contributed by atoms with Gasteiger partial charge in [-0.1, -0.05) is 48.0 Å². The summed E-state index contributed by atoms with van der Waals surface area (Å²) in [5.74, 6) is 0. The summed E-state index contributed by atoms with van der Waals surface area (Å²) in [5.41, 5.74) is 1.64. The molecule has 0 saturated heterocycles. The maximum absolute atomic E-state index is 11.9. The van der Waals surface area contributed by atoms with E-state index in [1.165, 1.54) is 0 Å². The third-order valence-electron chi connectivity index (χ3n) is 3.25. The molecule has 0 aliphatic rings. The molecule has 0 saturated carbocycles. The monoisotopic (exact) mass is 311 g/mol.